The van der Waals surface area contributed by atoms with Crippen LogP contribution in [0.2, 0.25) is 0 Å². The summed E-state index contributed by atoms with van der Waals surface area (Å²) >= 11 is 0. The third-order valence-corrected chi connectivity index (χ3v) is 5.84. The quantitative estimate of drug-likeness (QED) is 0.718. The third-order valence-electron chi connectivity index (χ3n) is 5.84. The molecule has 0 spiro atoms. The summed E-state index contributed by atoms with van der Waals surface area (Å²) in [6, 6.07) is 5.17. The van der Waals surface area contributed by atoms with Crippen molar-refractivity contribution in [2.24, 2.45) is 5.92 Å². The van der Waals surface area contributed by atoms with Crippen molar-refractivity contribution in [3.63, 3.8) is 0 Å². The van der Waals surface area contributed by atoms with Gasteiger partial charge in [-0.25, -0.2) is 0 Å². The summed E-state index contributed by atoms with van der Waals surface area (Å²) in [5.74, 6) is 1.50. The van der Waals surface area contributed by atoms with Crippen LogP contribution in [0.4, 0.5) is 0 Å². The number of rotatable bonds is 8. The molecule has 0 bridgehead atoms. The van der Waals surface area contributed by atoms with Gasteiger partial charge in [-0.15, -0.1) is 0 Å². The molecule has 1 N–H and O–H groups in total. The summed E-state index contributed by atoms with van der Waals surface area (Å²) < 4.78 is 11.4. The van der Waals surface area contributed by atoms with Gasteiger partial charge in [0.05, 0.1) is 6.61 Å². The maximum Gasteiger partial charge on any atom is 0.260 e. The molecule has 0 aromatic heterocycles. The van der Waals surface area contributed by atoms with Crippen molar-refractivity contribution in [2.45, 2.75) is 58.3 Å². The van der Waals surface area contributed by atoms with E-state index in [0.29, 0.717) is 29.6 Å². The summed E-state index contributed by atoms with van der Waals surface area (Å²) in [4.78, 5) is 26.8. The van der Waals surface area contributed by atoms with Gasteiger partial charge < -0.3 is 19.7 Å². The van der Waals surface area contributed by atoms with Crippen LogP contribution in [0.3, 0.4) is 0 Å². The standard InChI is InChI=1S/C23H34N2O4/c1-2-28-21-15-19(23(27)24-16-18-9-5-3-6-10-18)11-12-20(21)29-17-22(26)25-13-7-4-8-14-25/h11-12,15,18H,2-10,13-14,16-17H2,1H3,(H,24,27). The first kappa shape index (κ1) is 21.5. The highest BCUT2D eigenvalue weighted by molar-refractivity contribution is 5.94. The molecule has 6 nitrogen and oxygen atoms in total. The molecule has 6 heteroatoms. The van der Waals surface area contributed by atoms with Crippen LogP contribution in [-0.2, 0) is 4.79 Å². The van der Waals surface area contributed by atoms with E-state index in [1.54, 1.807) is 18.2 Å². The number of piperidine rings is 1. The van der Waals surface area contributed by atoms with E-state index in [2.05, 4.69) is 5.32 Å². The van der Waals surface area contributed by atoms with E-state index in [9.17, 15) is 9.59 Å². The lowest BCUT2D eigenvalue weighted by Crippen LogP contribution is -2.38. The molecule has 1 saturated carbocycles. The topological polar surface area (TPSA) is 67.9 Å². The zero-order chi connectivity index (χ0) is 20.5. The Balaban J connectivity index is 1.56. The first-order chi connectivity index (χ1) is 14.2. The molecule has 1 aliphatic carbocycles. The average molecular weight is 403 g/mol. The molecule has 0 atom stereocenters. The van der Waals surface area contributed by atoms with Gasteiger partial charge >= 0.3 is 0 Å². The zero-order valence-corrected chi connectivity index (χ0v) is 17.6. The molecule has 1 aliphatic heterocycles. The predicted octanol–water partition coefficient (Wildman–Crippen LogP) is 3.79. The summed E-state index contributed by atoms with van der Waals surface area (Å²) in [7, 11) is 0. The zero-order valence-electron chi connectivity index (χ0n) is 17.6. The average Bonchev–Trinajstić information content (AvgIpc) is 2.78. The molecule has 0 unspecified atom stereocenters. The fraction of sp³-hybridized carbons (Fsp3) is 0.652. The molecule has 1 saturated heterocycles. The predicted molar refractivity (Wildman–Crippen MR) is 112 cm³/mol. The van der Waals surface area contributed by atoms with E-state index in [1.165, 1.54) is 38.5 Å². The molecule has 0 radical (unpaired) electrons. The molecule has 1 aromatic carbocycles. The Morgan fingerprint density at radius 3 is 2.45 bits per heavy atom. The van der Waals surface area contributed by atoms with Crippen LogP contribution in [0.1, 0.15) is 68.6 Å². The highest BCUT2D eigenvalue weighted by atomic mass is 16.5. The lowest BCUT2D eigenvalue weighted by atomic mass is 9.89. The second-order valence-electron chi connectivity index (χ2n) is 8.04. The fourth-order valence-electron chi connectivity index (χ4n) is 4.14. The summed E-state index contributed by atoms with van der Waals surface area (Å²) in [5.41, 5.74) is 0.555. The van der Waals surface area contributed by atoms with Crippen molar-refractivity contribution >= 4 is 11.8 Å². The lowest BCUT2D eigenvalue weighted by molar-refractivity contribution is -0.134. The molecule has 3 rings (SSSR count). The van der Waals surface area contributed by atoms with E-state index in [-0.39, 0.29) is 18.4 Å². The third kappa shape index (κ3) is 6.38. The van der Waals surface area contributed by atoms with Crippen LogP contribution >= 0.6 is 0 Å². The van der Waals surface area contributed by atoms with Crippen molar-refractivity contribution in [1.29, 1.82) is 0 Å². The highest BCUT2D eigenvalue weighted by Gasteiger charge is 2.19. The van der Waals surface area contributed by atoms with Crippen molar-refractivity contribution in [3.05, 3.63) is 23.8 Å². The van der Waals surface area contributed by atoms with Gasteiger partial charge in [-0.2, -0.15) is 0 Å². The van der Waals surface area contributed by atoms with Crippen molar-refractivity contribution < 1.29 is 19.1 Å². The molecule has 1 aromatic rings. The normalized spacial score (nSPS) is 17.6. The maximum atomic E-state index is 12.6. The number of likely N-dealkylation sites (tertiary alicyclic amines) is 1. The van der Waals surface area contributed by atoms with E-state index in [4.69, 9.17) is 9.47 Å². The second-order valence-corrected chi connectivity index (χ2v) is 8.04. The number of hydrogen-bond acceptors (Lipinski definition) is 4. The van der Waals surface area contributed by atoms with Gasteiger partial charge in [0.1, 0.15) is 0 Å². The SMILES string of the molecule is CCOc1cc(C(=O)NCC2CCCCC2)ccc1OCC(=O)N1CCCCC1. The number of carbonyl (C=O) groups excluding carboxylic acids is 2. The number of amides is 2. The Morgan fingerprint density at radius 1 is 1.00 bits per heavy atom. The Labute approximate surface area is 173 Å². The molecular formula is C23H34N2O4. The largest absolute Gasteiger partial charge is 0.490 e. The Hall–Kier alpha value is -2.24. The maximum absolute atomic E-state index is 12.6. The molecule has 2 amide bonds. The van der Waals surface area contributed by atoms with Gasteiger partial charge in [0.25, 0.3) is 11.8 Å². The van der Waals surface area contributed by atoms with Gasteiger partial charge in [0, 0.05) is 25.2 Å². The number of benzene rings is 1. The minimum atomic E-state index is -0.0903. The Bertz CT molecular complexity index is 679. The fourth-order valence-corrected chi connectivity index (χ4v) is 4.14. The second kappa shape index (κ2) is 11.1. The van der Waals surface area contributed by atoms with Gasteiger partial charge in [0.15, 0.2) is 18.1 Å². The van der Waals surface area contributed by atoms with E-state index in [1.807, 2.05) is 11.8 Å². The van der Waals surface area contributed by atoms with Crippen LogP contribution < -0.4 is 14.8 Å². The monoisotopic (exact) mass is 402 g/mol. The minimum Gasteiger partial charge on any atom is -0.490 e. The van der Waals surface area contributed by atoms with Crippen LogP contribution in [0.5, 0.6) is 11.5 Å². The van der Waals surface area contributed by atoms with Crippen LogP contribution in [-0.4, -0.2) is 49.6 Å². The molecule has 2 fully saturated rings. The minimum absolute atomic E-state index is 0.00134. The summed E-state index contributed by atoms with van der Waals surface area (Å²) in [6.45, 7) is 4.68. The van der Waals surface area contributed by atoms with Crippen LogP contribution in [0.15, 0.2) is 18.2 Å². The number of carbonyl (C=O) groups is 2. The lowest BCUT2D eigenvalue weighted by Gasteiger charge is -2.26. The van der Waals surface area contributed by atoms with Gasteiger partial charge in [0.2, 0.25) is 0 Å². The van der Waals surface area contributed by atoms with E-state index < -0.39 is 0 Å². The van der Waals surface area contributed by atoms with Gasteiger partial charge in [-0.1, -0.05) is 19.3 Å². The molecule has 29 heavy (non-hydrogen) atoms. The summed E-state index contributed by atoms with van der Waals surface area (Å²) in [5, 5.41) is 3.05. The smallest absolute Gasteiger partial charge is 0.260 e. The number of nitrogens with zero attached hydrogens (tertiary/aromatic N) is 1. The Morgan fingerprint density at radius 2 is 1.72 bits per heavy atom. The Kier molecular flexibility index (Phi) is 8.20. The summed E-state index contributed by atoms with van der Waals surface area (Å²) in [6.07, 6.45) is 9.52. The number of ether oxygens (including phenoxy) is 2. The molecule has 160 valence electrons. The highest BCUT2D eigenvalue weighted by Crippen LogP contribution is 2.29. The van der Waals surface area contributed by atoms with Gasteiger partial charge in [-0.05, 0) is 63.1 Å². The van der Waals surface area contributed by atoms with Crippen LogP contribution in [0, 0.1) is 5.92 Å². The van der Waals surface area contributed by atoms with E-state index in [0.717, 1.165) is 32.5 Å². The van der Waals surface area contributed by atoms with Gasteiger partial charge in [-0.3, -0.25) is 9.59 Å². The first-order valence-corrected chi connectivity index (χ1v) is 11.1. The number of hydrogen-bond donors (Lipinski definition) is 1. The number of nitrogens with one attached hydrogen (secondary N) is 1. The van der Waals surface area contributed by atoms with Crippen molar-refractivity contribution in [2.75, 3.05) is 32.8 Å². The first-order valence-electron chi connectivity index (χ1n) is 11.1. The molecule has 2 aliphatic rings. The van der Waals surface area contributed by atoms with Crippen LogP contribution in [0.25, 0.3) is 0 Å². The molecular weight excluding hydrogens is 368 g/mol. The van der Waals surface area contributed by atoms with Crippen molar-refractivity contribution in [3.8, 4) is 11.5 Å². The molecule has 1 heterocycles. The van der Waals surface area contributed by atoms with E-state index >= 15 is 0 Å². The van der Waals surface area contributed by atoms with Crippen molar-refractivity contribution in [1.82, 2.24) is 10.2 Å².